The van der Waals surface area contributed by atoms with Gasteiger partial charge in [0.2, 0.25) is 5.88 Å². The number of nitrogens with zero attached hydrogens (tertiary/aromatic N) is 2. The Balaban J connectivity index is 1.96. The average Bonchev–Trinajstić information content (AvgIpc) is 2.65. The summed E-state index contributed by atoms with van der Waals surface area (Å²) < 4.78 is 5.75. The molecule has 0 radical (unpaired) electrons. The zero-order valence-corrected chi connectivity index (χ0v) is 17.4. The molecular weight excluding hydrogens is 386 g/mol. The fourth-order valence-corrected chi connectivity index (χ4v) is 4.49. The third kappa shape index (κ3) is 3.28. The first kappa shape index (κ1) is 19.5. The minimum atomic E-state index is -0.665. The van der Waals surface area contributed by atoms with Crippen LogP contribution in [-0.2, 0) is 16.0 Å². The summed E-state index contributed by atoms with van der Waals surface area (Å²) in [4.78, 5) is 17.6. The van der Waals surface area contributed by atoms with Gasteiger partial charge in [0.25, 0.3) is 0 Å². The maximum atomic E-state index is 13.1. The van der Waals surface area contributed by atoms with Crippen LogP contribution in [0.25, 0.3) is 10.9 Å². The standard InChI is InChI=1S/C23H22ClN3O2/c1-4-12-5-6-16-13(7-12)8-14(21(24)27-16)19-15(11-25)22(26)29-18-10-23(2,3)9-17(28)20(18)19/h5-8,19H,4,9-10,26H2,1-3H3. The first-order valence-electron chi connectivity index (χ1n) is 9.67. The van der Waals surface area contributed by atoms with E-state index >= 15 is 0 Å². The van der Waals surface area contributed by atoms with E-state index in [2.05, 4.69) is 24.0 Å². The van der Waals surface area contributed by atoms with Crippen molar-refractivity contribution in [3.63, 3.8) is 0 Å². The number of hydrogen-bond acceptors (Lipinski definition) is 5. The second kappa shape index (κ2) is 6.89. The molecule has 1 aliphatic heterocycles. The van der Waals surface area contributed by atoms with Gasteiger partial charge in [0.15, 0.2) is 5.78 Å². The summed E-state index contributed by atoms with van der Waals surface area (Å²) in [5, 5.41) is 11.0. The monoisotopic (exact) mass is 407 g/mol. The molecule has 0 amide bonds. The number of hydrogen-bond donors (Lipinski definition) is 1. The lowest BCUT2D eigenvalue weighted by Gasteiger charge is -2.37. The molecule has 1 aromatic carbocycles. The van der Waals surface area contributed by atoms with E-state index in [1.54, 1.807) is 0 Å². The van der Waals surface area contributed by atoms with Crippen LogP contribution < -0.4 is 5.73 Å². The molecule has 2 N–H and O–H groups in total. The number of aryl methyl sites for hydroxylation is 1. The second-order valence-corrected chi connectivity index (χ2v) is 8.81. The van der Waals surface area contributed by atoms with Gasteiger partial charge in [-0.25, -0.2) is 4.98 Å². The van der Waals surface area contributed by atoms with Crippen molar-refractivity contribution in [3.8, 4) is 6.07 Å². The highest BCUT2D eigenvalue weighted by Crippen LogP contribution is 2.49. The lowest BCUT2D eigenvalue weighted by atomic mass is 9.70. The Bertz CT molecular complexity index is 1150. The fraction of sp³-hybridized carbons (Fsp3) is 0.348. The first-order chi connectivity index (χ1) is 13.7. The number of nitrogens with two attached hydrogens (primary N) is 1. The summed E-state index contributed by atoms with van der Waals surface area (Å²) in [6.07, 6.45) is 1.84. The van der Waals surface area contributed by atoms with E-state index in [4.69, 9.17) is 22.1 Å². The summed E-state index contributed by atoms with van der Waals surface area (Å²) in [6, 6.07) is 10.1. The van der Waals surface area contributed by atoms with Gasteiger partial charge in [-0.15, -0.1) is 0 Å². The molecule has 5 nitrogen and oxygen atoms in total. The number of carbonyl (C=O) groups is 1. The minimum absolute atomic E-state index is 0.0280. The maximum Gasteiger partial charge on any atom is 0.205 e. The minimum Gasteiger partial charge on any atom is -0.444 e. The number of fused-ring (bicyclic) bond motifs is 1. The predicted molar refractivity (Wildman–Crippen MR) is 112 cm³/mol. The number of allylic oxidation sites excluding steroid dienone is 3. The molecule has 0 spiro atoms. The van der Waals surface area contributed by atoms with Crippen LogP contribution in [0.15, 0.2) is 47.1 Å². The van der Waals surface area contributed by atoms with Gasteiger partial charge in [0, 0.05) is 29.4 Å². The molecule has 148 valence electrons. The van der Waals surface area contributed by atoms with Crippen LogP contribution >= 0.6 is 11.6 Å². The number of ketones is 1. The molecule has 0 fully saturated rings. The molecule has 0 bridgehead atoms. The highest BCUT2D eigenvalue weighted by atomic mass is 35.5. The second-order valence-electron chi connectivity index (χ2n) is 8.45. The van der Waals surface area contributed by atoms with Crippen molar-refractivity contribution in [2.75, 3.05) is 0 Å². The van der Waals surface area contributed by atoms with Crippen molar-refractivity contribution in [2.24, 2.45) is 11.1 Å². The van der Waals surface area contributed by atoms with Crippen molar-refractivity contribution in [3.05, 3.63) is 63.3 Å². The largest absolute Gasteiger partial charge is 0.444 e. The number of carbonyl (C=O) groups excluding carboxylic acids is 1. The van der Waals surface area contributed by atoms with E-state index in [-0.39, 0.29) is 27.8 Å². The van der Waals surface area contributed by atoms with Gasteiger partial charge in [0.1, 0.15) is 22.6 Å². The number of pyridine rings is 1. The van der Waals surface area contributed by atoms with Gasteiger partial charge in [-0.05, 0) is 35.6 Å². The van der Waals surface area contributed by atoms with Crippen LogP contribution in [0, 0.1) is 16.7 Å². The number of rotatable bonds is 2. The topological polar surface area (TPSA) is 89.0 Å². The van der Waals surface area contributed by atoms with Gasteiger partial charge in [-0.2, -0.15) is 5.26 Å². The predicted octanol–water partition coefficient (Wildman–Crippen LogP) is 4.90. The number of aromatic nitrogens is 1. The molecule has 1 atom stereocenters. The van der Waals surface area contributed by atoms with E-state index < -0.39 is 5.92 Å². The Labute approximate surface area is 174 Å². The Kier molecular flexibility index (Phi) is 4.63. The number of ether oxygens (including phenoxy) is 1. The molecule has 4 rings (SSSR count). The number of halogens is 1. The van der Waals surface area contributed by atoms with E-state index in [1.807, 2.05) is 32.0 Å². The van der Waals surface area contributed by atoms with Crippen LogP contribution in [0.4, 0.5) is 0 Å². The number of Topliss-reactive ketones (excluding diaryl/α,β-unsaturated/α-hetero) is 1. The highest BCUT2D eigenvalue weighted by molar-refractivity contribution is 6.31. The SMILES string of the molecule is CCc1ccc2nc(Cl)c(C3C(C#N)=C(N)OC4=C3C(=O)CC(C)(C)C4)cc2c1. The normalized spacial score (nSPS) is 21.1. The van der Waals surface area contributed by atoms with Crippen LogP contribution in [0.5, 0.6) is 0 Å². The smallest absolute Gasteiger partial charge is 0.205 e. The molecule has 2 heterocycles. The lowest BCUT2D eigenvalue weighted by Crippen LogP contribution is -2.33. The van der Waals surface area contributed by atoms with Crippen LogP contribution in [0.2, 0.25) is 5.15 Å². The van der Waals surface area contributed by atoms with Gasteiger partial charge >= 0.3 is 0 Å². The summed E-state index contributed by atoms with van der Waals surface area (Å²) >= 11 is 6.56. The zero-order chi connectivity index (χ0) is 20.9. The molecule has 1 aliphatic carbocycles. The van der Waals surface area contributed by atoms with Crippen molar-refractivity contribution >= 4 is 28.3 Å². The summed E-state index contributed by atoms with van der Waals surface area (Å²) in [7, 11) is 0. The van der Waals surface area contributed by atoms with E-state index in [9.17, 15) is 10.1 Å². The van der Waals surface area contributed by atoms with Gasteiger partial charge in [0.05, 0.1) is 11.4 Å². The molecule has 6 heteroatoms. The molecular formula is C23H22ClN3O2. The number of nitriles is 1. The molecule has 29 heavy (non-hydrogen) atoms. The van der Waals surface area contributed by atoms with E-state index in [0.717, 1.165) is 17.3 Å². The van der Waals surface area contributed by atoms with Gasteiger partial charge < -0.3 is 10.5 Å². The molecule has 0 saturated heterocycles. The Hall–Kier alpha value is -2.84. The summed E-state index contributed by atoms with van der Waals surface area (Å²) in [5.74, 6) is -0.145. The summed E-state index contributed by atoms with van der Waals surface area (Å²) in [6.45, 7) is 6.12. The Morgan fingerprint density at radius 1 is 1.34 bits per heavy atom. The molecule has 0 saturated carbocycles. The quantitative estimate of drug-likeness (QED) is 0.715. The van der Waals surface area contributed by atoms with Crippen molar-refractivity contribution in [2.45, 2.75) is 46.0 Å². The molecule has 2 aromatic rings. The molecule has 1 aromatic heterocycles. The van der Waals surface area contributed by atoms with Crippen LogP contribution in [0.1, 0.15) is 50.7 Å². The fourth-order valence-electron chi connectivity index (χ4n) is 4.24. The highest BCUT2D eigenvalue weighted by Gasteiger charge is 2.43. The molecule has 1 unspecified atom stereocenters. The Morgan fingerprint density at radius 3 is 2.79 bits per heavy atom. The Morgan fingerprint density at radius 2 is 2.10 bits per heavy atom. The molecule has 2 aliphatic rings. The van der Waals surface area contributed by atoms with E-state index in [1.165, 1.54) is 5.56 Å². The summed E-state index contributed by atoms with van der Waals surface area (Å²) in [5.41, 5.74) is 9.09. The van der Waals surface area contributed by atoms with Crippen LogP contribution in [0.3, 0.4) is 0 Å². The van der Waals surface area contributed by atoms with Crippen LogP contribution in [-0.4, -0.2) is 10.8 Å². The van der Waals surface area contributed by atoms with Crippen molar-refractivity contribution in [1.29, 1.82) is 5.26 Å². The van der Waals surface area contributed by atoms with Crippen molar-refractivity contribution < 1.29 is 9.53 Å². The maximum absolute atomic E-state index is 13.1. The van der Waals surface area contributed by atoms with E-state index in [0.29, 0.717) is 29.7 Å². The van der Waals surface area contributed by atoms with Gasteiger partial charge in [-0.1, -0.05) is 38.4 Å². The third-order valence-corrected chi connectivity index (χ3v) is 5.96. The first-order valence-corrected chi connectivity index (χ1v) is 10.0. The average molecular weight is 408 g/mol. The van der Waals surface area contributed by atoms with Crippen molar-refractivity contribution in [1.82, 2.24) is 4.98 Å². The zero-order valence-electron chi connectivity index (χ0n) is 16.7. The van der Waals surface area contributed by atoms with Gasteiger partial charge in [-0.3, -0.25) is 4.79 Å². The third-order valence-electron chi connectivity index (χ3n) is 5.65. The lowest BCUT2D eigenvalue weighted by molar-refractivity contribution is -0.119. The number of benzene rings is 1.